The largest absolute Gasteiger partial charge is 0.496 e. The zero-order valence-electron chi connectivity index (χ0n) is 11.7. The standard InChI is InChI=1S/C14H20F3NO2/c1-3-18-10-13(20-9-8-14(15,16)17)11-6-4-5-7-12(11)19-2/h4-7,13,18H,3,8-10H2,1-2H3. The first kappa shape index (κ1) is 16.8. The smallest absolute Gasteiger partial charge is 0.391 e. The molecule has 3 nitrogen and oxygen atoms in total. The van der Waals surface area contributed by atoms with Gasteiger partial charge in [0.15, 0.2) is 0 Å². The highest BCUT2D eigenvalue weighted by Gasteiger charge is 2.27. The molecule has 1 unspecified atom stereocenters. The molecular weight excluding hydrogens is 271 g/mol. The Morgan fingerprint density at radius 3 is 2.55 bits per heavy atom. The topological polar surface area (TPSA) is 30.5 Å². The van der Waals surface area contributed by atoms with Gasteiger partial charge in [0.1, 0.15) is 5.75 Å². The van der Waals surface area contributed by atoms with Gasteiger partial charge < -0.3 is 14.8 Å². The third-order valence-electron chi connectivity index (χ3n) is 2.77. The molecule has 0 amide bonds. The van der Waals surface area contributed by atoms with E-state index in [-0.39, 0.29) is 6.61 Å². The number of benzene rings is 1. The summed E-state index contributed by atoms with van der Waals surface area (Å²) in [6.07, 6.45) is -5.62. The monoisotopic (exact) mass is 291 g/mol. The Hall–Kier alpha value is -1.27. The Balaban J connectivity index is 2.72. The first-order valence-corrected chi connectivity index (χ1v) is 6.50. The summed E-state index contributed by atoms with van der Waals surface area (Å²) in [7, 11) is 1.53. The fraction of sp³-hybridized carbons (Fsp3) is 0.571. The van der Waals surface area contributed by atoms with Crippen molar-refractivity contribution in [1.29, 1.82) is 0 Å². The first-order chi connectivity index (χ1) is 9.48. The molecule has 1 atom stereocenters. The third-order valence-corrected chi connectivity index (χ3v) is 2.77. The van der Waals surface area contributed by atoms with Gasteiger partial charge in [-0.15, -0.1) is 0 Å². The second-order valence-corrected chi connectivity index (χ2v) is 4.27. The van der Waals surface area contributed by atoms with Crippen LogP contribution in [0.2, 0.25) is 0 Å². The predicted octanol–water partition coefficient (Wildman–Crippen LogP) is 3.31. The summed E-state index contributed by atoms with van der Waals surface area (Å²) >= 11 is 0. The van der Waals surface area contributed by atoms with Gasteiger partial charge in [0.25, 0.3) is 0 Å². The number of ether oxygens (including phenoxy) is 2. The SMILES string of the molecule is CCNCC(OCCC(F)(F)F)c1ccccc1OC. The minimum absolute atomic E-state index is 0.363. The van der Waals surface area contributed by atoms with Gasteiger partial charge in [-0.05, 0) is 12.6 Å². The minimum atomic E-state index is -4.20. The third kappa shape index (κ3) is 5.79. The number of halogens is 3. The van der Waals surface area contributed by atoms with Crippen LogP contribution >= 0.6 is 0 Å². The van der Waals surface area contributed by atoms with E-state index in [1.165, 1.54) is 7.11 Å². The Morgan fingerprint density at radius 2 is 1.95 bits per heavy atom. The average molecular weight is 291 g/mol. The molecule has 0 aromatic heterocycles. The first-order valence-electron chi connectivity index (χ1n) is 6.50. The molecule has 0 aliphatic heterocycles. The van der Waals surface area contributed by atoms with Gasteiger partial charge >= 0.3 is 6.18 Å². The molecule has 114 valence electrons. The summed E-state index contributed by atoms with van der Waals surface area (Å²) in [6.45, 7) is 2.72. The molecule has 0 aliphatic rings. The maximum Gasteiger partial charge on any atom is 0.391 e. The summed E-state index contributed by atoms with van der Waals surface area (Å²) in [5.41, 5.74) is 0.748. The summed E-state index contributed by atoms with van der Waals surface area (Å²) in [5.74, 6) is 0.613. The lowest BCUT2D eigenvalue weighted by Gasteiger charge is -2.21. The molecular formula is C14H20F3NO2. The number of nitrogens with one attached hydrogen (secondary N) is 1. The van der Waals surface area contributed by atoms with Crippen LogP contribution in [-0.4, -0.2) is 33.0 Å². The van der Waals surface area contributed by atoms with Gasteiger partial charge in [0.2, 0.25) is 0 Å². The van der Waals surface area contributed by atoms with Crippen molar-refractivity contribution in [3.8, 4) is 5.75 Å². The average Bonchev–Trinajstić information content (AvgIpc) is 2.41. The quantitative estimate of drug-likeness (QED) is 0.797. The highest BCUT2D eigenvalue weighted by atomic mass is 19.4. The van der Waals surface area contributed by atoms with E-state index in [4.69, 9.17) is 9.47 Å². The maximum atomic E-state index is 12.2. The van der Waals surface area contributed by atoms with Crippen molar-refractivity contribution in [3.05, 3.63) is 29.8 Å². The number of alkyl halides is 3. The van der Waals surface area contributed by atoms with Crippen LogP contribution in [0, 0.1) is 0 Å². The van der Waals surface area contributed by atoms with Gasteiger partial charge in [-0.1, -0.05) is 25.1 Å². The highest BCUT2D eigenvalue weighted by Crippen LogP contribution is 2.28. The summed E-state index contributed by atoms with van der Waals surface area (Å²) in [4.78, 5) is 0. The van der Waals surface area contributed by atoms with Crippen LogP contribution in [0.4, 0.5) is 13.2 Å². The van der Waals surface area contributed by atoms with Crippen LogP contribution in [0.15, 0.2) is 24.3 Å². The van der Waals surface area contributed by atoms with Crippen molar-refractivity contribution >= 4 is 0 Å². The van der Waals surface area contributed by atoms with E-state index in [0.29, 0.717) is 18.8 Å². The molecule has 0 spiro atoms. The summed E-state index contributed by atoms with van der Waals surface area (Å²) < 4.78 is 47.2. The number of para-hydroxylation sites is 1. The molecule has 0 fully saturated rings. The Kier molecular flexibility index (Phi) is 6.81. The second kappa shape index (κ2) is 8.11. The van der Waals surface area contributed by atoms with Crippen molar-refractivity contribution in [3.63, 3.8) is 0 Å². The van der Waals surface area contributed by atoms with Crippen LogP contribution in [0.25, 0.3) is 0 Å². The molecule has 20 heavy (non-hydrogen) atoms. The van der Waals surface area contributed by atoms with Crippen molar-refractivity contribution in [2.75, 3.05) is 26.8 Å². The highest BCUT2D eigenvalue weighted by molar-refractivity contribution is 5.35. The van der Waals surface area contributed by atoms with Crippen molar-refractivity contribution in [2.45, 2.75) is 25.6 Å². The van der Waals surface area contributed by atoms with Crippen molar-refractivity contribution in [1.82, 2.24) is 5.32 Å². The molecule has 0 saturated heterocycles. The fourth-order valence-corrected chi connectivity index (χ4v) is 1.78. The molecule has 6 heteroatoms. The Morgan fingerprint density at radius 1 is 1.25 bits per heavy atom. The molecule has 0 heterocycles. The van der Waals surface area contributed by atoms with E-state index in [1.54, 1.807) is 12.1 Å². The van der Waals surface area contributed by atoms with E-state index in [2.05, 4.69) is 5.32 Å². The summed E-state index contributed by atoms with van der Waals surface area (Å²) in [6, 6.07) is 7.18. The van der Waals surface area contributed by atoms with E-state index >= 15 is 0 Å². The molecule has 1 rings (SSSR count). The lowest BCUT2D eigenvalue weighted by atomic mass is 10.1. The van der Waals surface area contributed by atoms with Gasteiger partial charge in [-0.25, -0.2) is 0 Å². The molecule has 1 N–H and O–H groups in total. The lowest BCUT2D eigenvalue weighted by Crippen LogP contribution is -2.25. The van der Waals surface area contributed by atoms with Gasteiger partial charge in [0, 0.05) is 12.1 Å². The Bertz CT molecular complexity index is 396. The minimum Gasteiger partial charge on any atom is -0.496 e. The Labute approximate surface area is 117 Å². The normalized spacial score (nSPS) is 13.2. The second-order valence-electron chi connectivity index (χ2n) is 4.27. The van der Waals surface area contributed by atoms with Crippen LogP contribution in [-0.2, 0) is 4.74 Å². The zero-order chi connectivity index (χ0) is 15.0. The van der Waals surface area contributed by atoms with Crippen LogP contribution < -0.4 is 10.1 Å². The predicted molar refractivity (Wildman–Crippen MR) is 70.9 cm³/mol. The molecule has 1 aromatic carbocycles. The van der Waals surface area contributed by atoms with Crippen molar-refractivity contribution < 1.29 is 22.6 Å². The number of hydrogen-bond acceptors (Lipinski definition) is 3. The number of hydrogen-bond donors (Lipinski definition) is 1. The molecule has 1 aromatic rings. The molecule has 0 aliphatic carbocycles. The molecule has 0 radical (unpaired) electrons. The van der Waals surface area contributed by atoms with E-state index in [0.717, 1.165) is 5.56 Å². The van der Waals surface area contributed by atoms with Gasteiger partial charge in [0.05, 0.1) is 26.2 Å². The maximum absolute atomic E-state index is 12.2. The van der Waals surface area contributed by atoms with Crippen LogP contribution in [0.5, 0.6) is 5.75 Å². The number of rotatable bonds is 8. The van der Waals surface area contributed by atoms with Gasteiger partial charge in [-0.3, -0.25) is 0 Å². The zero-order valence-corrected chi connectivity index (χ0v) is 11.7. The molecule has 0 saturated carbocycles. The summed E-state index contributed by atoms with van der Waals surface area (Å²) in [5, 5.41) is 3.08. The van der Waals surface area contributed by atoms with Gasteiger partial charge in [-0.2, -0.15) is 13.2 Å². The van der Waals surface area contributed by atoms with Crippen molar-refractivity contribution in [2.24, 2.45) is 0 Å². The van der Waals surface area contributed by atoms with E-state index in [9.17, 15) is 13.2 Å². The van der Waals surface area contributed by atoms with Crippen LogP contribution in [0.3, 0.4) is 0 Å². The fourth-order valence-electron chi connectivity index (χ4n) is 1.78. The van der Waals surface area contributed by atoms with Crippen LogP contribution in [0.1, 0.15) is 25.0 Å². The molecule has 0 bridgehead atoms. The number of likely N-dealkylation sites (N-methyl/N-ethyl adjacent to an activating group) is 1. The number of methoxy groups -OCH3 is 1. The van der Waals surface area contributed by atoms with E-state index in [1.807, 2.05) is 19.1 Å². The lowest BCUT2D eigenvalue weighted by molar-refractivity contribution is -0.149. The van der Waals surface area contributed by atoms with E-state index < -0.39 is 18.7 Å².